The number of carbonyl (C=O) groups excluding carboxylic acids is 1. The molecule has 1 aromatic carbocycles. The summed E-state index contributed by atoms with van der Waals surface area (Å²) in [6, 6.07) is 6.13. The van der Waals surface area contributed by atoms with Gasteiger partial charge in [-0.25, -0.2) is 0 Å². The van der Waals surface area contributed by atoms with Crippen molar-refractivity contribution in [2.75, 3.05) is 32.1 Å². The maximum atomic E-state index is 12.2. The summed E-state index contributed by atoms with van der Waals surface area (Å²) < 4.78 is 11.3. The van der Waals surface area contributed by atoms with Gasteiger partial charge in [0.05, 0.1) is 13.2 Å². The first-order valence-corrected chi connectivity index (χ1v) is 9.27. The molecule has 5 nitrogen and oxygen atoms in total. The first-order chi connectivity index (χ1) is 11.2. The molecule has 2 aliphatic heterocycles. The van der Waals surface area contributed by atoms with Gasteiger partial charge >= 0.3 is 0 Å². The summed E-state index contributed by atoms with van der Waals surface area (Å²) in [4.78, 5) is 15.2. The van der Waals surface area contributed by atoms with Crippen molar-refractivity contribution in [2.45, 2.75) is 36.6 Å². The third-order valence-electron chi connectivity index (χ3n) is 4.11. The van der Waals surface area contributed by atoms with Gasteiger partial charge in [-0.2, -0.15) is 0 Å². The molecule has 1 amide bonds. The minimum Gasteiger partial charge on any atom is -0.490 e. The van der Waals surface area contributed by atoms with Crippen LogP contribution in [0.15, 0.2) is 23.1 Å². The average molecular weight is 336 g/mol. The van der Waals surface area contributed by atoms with Gasteiger partial charge in [-0.1, -0.05) is 0 Å². The van der Waals surface area contributed by atoms with E-state index < -0.39 is 0 Å². The van der Waals surface area contributed by atoms with Gasteiger partial charge in [-0.3, -0.25) is 4.79 Å². The Morgan fingerprint density at radius 3 is 2.91 bits per heavy atom. The first-order valence-electron chi connectivity index (χ1n) is 8.28. The molecule has 6 heteroatoms. The maximum absolute atomic E-state index is 12.2. The Hall–Kier alpha value is -1.40. The fraction of sp³-hybridized carbons (Fsp3) is 0.588. The van der Waals surface area contributed by atoms with Gasteiger partial charge in [0, 0.05) is 42.6 Å². The standard InChI is InChI=1S/C17H24N2O3S/c18-13-3-1-7-19(12-13)17(20)6-10-23-14-4-5-15-16(11-14)22-9-2-8-21-15/h4-5,11,13H,1-3,6-10,12,18H2. The highest BCUT2D eigenvalue weighted by atomic mass is 32.2. The molecule has 2 aliphatic rings. The second-order valence-corrected chi connectivity index (χ2v) is 7.17. The van der Waals surface area contributed by atoms with Gasteiger partial charge in [-0.15, -0.1) is 11.8 Å². The van der Waals surface area contributed by atoms with Crippen molar-refractivity contribution in [2.24, 2.45) is 5.73 Å². The van der Waals surface area contributed by atoms with Crippen LogP contribution in [-0.2, 0) is 4.79 Å². The number of nitrogens with two attached hydrogens (primary N) is 1. The quantitative estimate of drug-likeness (QED) is 0.855. The number of fused-ring (bicyclic) bond motifs is 1. The van der Waals surface area contributed by atoms with E-state index in [0.717, 1.165) is 48.0 Å². The van der Waals surface area contributed by atoms with Crippen LogP contribution in [0.2, 0.25) is 0 Å². The topological polar surface area (TPSA) is 64.8 Å². The molecule has 1 aromatic rings. The highest BCUT2D eigenvalue weighted by Gasteiger charge is 2.20. The molecule has 1 unspecified atom stereocenters. The van der Waals surface area contributed by atoms with Crippen molar-refractivity contribution in [3.63, 3.8) is 0 Å². The number of likely N-dealkylation sites (tertiary alicyclic amines) is 1. The summed E-state index contributed by atoms with van der Waals surface area (Å²) in [5, 5.41) is 0. The fourth-order valence-electron chi connectivity index (χ4n) is 2.88. The Labute approximate surface area is 141 Å². The third kappa shape index (κ3) is 4.54. The predicted molar refractivity (Wildman–Crippen MR) is 91.2 cm³/mol. The summed E-state index contributed by atoms with van der Waals surface area (Å²) in [7, 11) is 0. The second-order valence-electron chi connectivity index (χ2n) is 6.00. The monoisotopic (exact) mass is 336 g/mol. The number of nitrogens with zero attached hydrogens (tertiary/aromatic N) is 1. The predicted octanol–water partition coefficient (Wildman–Crippen LogP) is 2.28. The van der Waals surface area contributed by atoms with Crippen molar-refractivity contribution < 1.29 is 14.3 Å². The van der Waals surface area contributed by atoms with Gasteiger partial charge < -0.3 is 20.1 Å². The van der Waals surface area contributed by atoms with Crippen molar-refractivity contribution >= 4 is 17.7 Å². The van der Waals surface area contributed by atoms with E-state index in [9.17, 15) is 4.79 Å². The molecule has 1 saturated heterocycles. The number of rotatable bonds is 4. The smallest absolute Gasteiger partial charge is 0.223 e. The summed E-state index contributed by atoms with van der Waals surface area (Å²) in [6.07, 6.45) is 3.49. The number of thioether (sulfide) groups is 1. The molecule has 0 spiro atoms. The zero-order valence-electron chi connectivity index (χ0n) is 13.3. The van der Waals surface area contributed by atoms with Crippen molar-refractivity contribution in [3.8, 4) is 11.5 Å². The van der Waals surface area contributed by atoms with Crippen molar-refractivity contribution in [1.82, 2.24) is 4.90 Å². The number of hydrogen-bond donors (Lipinski definition) is 1. The van der Waals surface area contributed by atoms with Crippen LogP contribution in [0.1, 0.15) is 25.7 Å². The molecule has 1 fully saturated rings. The molecule has 126 valence electrons. The molecule has 1 atom stereocenters. The van der Waals surface area contributed by atoms with Gasteiger partial charge in [0.2, 0.25) is 5.91 Å². The van der Waals surface area contributed by atoms with Crippen LogP contribution in [0.5, 0.6) is 11.5 Å². The summed E-state index contributed by atoms with van der Waals surface area (Å²) in [5.41, 5.74) is 5.94. The Morgan fingerprint density at radius 2 is 2.09 bits per heavy atom. The van der Waals surface area contributed by atoms with Crippen LogP contribution in [-0.4, -0.2) is 48.9 Å². The van der Waals surface area contributed by atoms with E-state index in [4.69, 9.17) is 15.2 Å². The Morgan fingerprint density at radius 1 is 1.26 bits per heavy atom. The van der Waals surface area contributed by atoms with Gasteiger partial charge in [-0.05, 0) is 31.0 Å². The maximum Gasteiger partial charge on any atom is 0.223 e. The molecular formula is C17H24N2O3S. The highest BCUT2D eigenvalue weighted by Crippen LogP contribution is 2.34. The third-order valence-corrected chi connectivity index (χ3v) is 5.11. The largest absolute Gasteiger partial charge is 0.490 e. The van der Waals surface area contributed by atoms with Crippen LogP contribution in [0, 0.1) is 0 Å². The van der Waals surface area contributed by atoms with Gasteiger partial charge in [0.15, 0.2) is 11.5 Å². The van der Waals surface area contributed by atoms with E-state index in [1.165, 1.54) is 0 Å². The lowest BCUT2D eigenvalue weighted by Gasteiger charge is -2.30. The SMILES string of the molecule is NC1CCCN(C(=O)CCSc2ccc3c(c2)OCCCO3)C1. The zero-order valence-corrected chi connectivity index (χ0v) is 14.1. The number of ether oxygens (including phenoxy) is 2. The minimum absolute atomic E-state index is 0.141. The normalized spacial score (nSPS) is 20.9. The van der Waals surface area contributed by atoms with Crippen LogP contribution < -0.4 is 15.2 Å². The lowest BCUT2D eigenvalue weighted by atomic mass is 10.1. The minimum atomic E-state index is 0.141. The van der Waals surface area contributed by atoms with E-state index in [1.54, 1.807) is 11.8 Å². The summed E-state index contributed by atoms with van der Waals surface area (Å²) in [5.74, 6) is 2.59. The van der Waals surface area contributed by atoms with E-state index in [2.05, 4.69) is 0 Å². The number of benzene rings is 1. The molecule has 0 aromatic heterocycles. The molecule has 0 saturated carbocycles. The first kappa shape index (κ1) is 16.5. The lowest BCUT2D eigenvalue weighted by molar-refractivity contribution is -0.131. The van der Waals surface area contributed by atoms with E-state index in [1.807, 2.05) is 23.1 Å². The van der Waals surface area contributed by atoms with Crippen LogP contribution in [0.4, 0.5) is 0 Å². The Kier molecular flexibility index (Phi) is 5.67. The van der Waals surface area contributed by atoms with E-state index >= 15 is 0 Å². The van der Waals surface area contributed by atoms with Crippen LogP contribution >= 0.6 is 11.8 Å². The molecule has 0 radical (unpaired) electrons. The van der Waals surface area contributed by atoms with Crippen molar-refractivity contribution in [1.29, 1.82) is 0 Å². The fourth-order valence-corrected chi connectivity index (χ4v) is 3.75. The van der Waals surface area contributed by atoms with Crippen molar-refractivity contribution in [3.05, 3.63) is 18.2 Å². The molecule has 0 aliphatic carbocycles. The molecule has 23 heavy (non-hydrogen) atoms. The number of amides is 1. The average Bonchev–Trinajstić information content (AvgIpc) is 2.79. The highest BCUT2D eigenvalue weighted by molar-refractivity contribution is 7.99. The number of hydrogen-bond acceptors (Lipinski definition) is 5. The number of piperidine rings is 1. The van der Waals surface area contributed by atoms with Gasteiger partial charge in [0.1, 0.15) is 0 Å². The molecule has 2 heterocycles. The van der Waals surface area contributed by atoms with E-state index in [-0.39, 0.29) is 11.9 Å². The molecular weight excluding hydrogens is 312 g/mol. The second kappa shape index (κ2) is 7.93. The van der Waals surface area contributed by atoms with Crippen LogP contribution in [0.25, 0.3) is 0 Å². The number of carbonyl (C=O) groups is 1. The lowest BCUT2D eigenvalue weighted by Crippen LogP contribution is -2.45. The summed E-state index contributed by atoms with van der Waals surface area (Å²) >= 11 is 1.68. The van der Waals surface area contributed by atoms with Crippen LogP contribution in [0.3, 0.4) is 0 Å². The Bertz CT molecular complexity index is 553. The zero-order chi connectivity index (χ0) is 16.1. The Balaban J connectivity index is 1.48. The molecule has 3 rings (SSSR count). The van der Waals surface area contributed by atoms with Gasteiger partial charge in [0.25, 0.3) is 0 Å². The molecule has 2 N–H and O–H groups in total. The van der Waals surface area contributed by atoms with E-state index in [0.29, 0.717) is 26.2 Å². The molecule has 0 bridgehead atoms. The summed E-state index contributed by atoms with van der Waals surface area (Å²) in [6.45, 7) is 2.94.